The fourth-order valence-corrected chi connectivity index (χ4v) is 8.98. The molecule has 4 aromatic rings. The fraction of sp³-hybridized carbons (Fsp3) is 0.478. The van der Waals surface area contributed by atoms with Crippen molar-refractivity contribution in [1.82, 2.24) is 29.0 Å². The number of carbonyl (C=O) groups is 3. The molecule has 1 spiro atoms. The Labute approximate surface area is 400 Å². The summed E-state index contributed by atoms with van der Waals surface area (Å²) in [4.78, 5) is 55.4. The van der Waals surface area contributed by atoms with E-state index in [1.54, 1.807) is 25.2 Å². The first-order valence-corrected chi connectivity index (χ1v) is 23.4. The van der Waals surface area contributed by atoms with Crippen LogP contribution in [0.3, 0.4) is 0 Å². The second-order valence-corrected chi connectivity index (χ2v) is 17.9. The molecule has 357 valence electrons. The van der Waals surface area contributed by atoms with Crippen molar-refractivity contribution in [2.24, 2.45) is 7.05 Å². The summed E-state index contributed by atoms with van der Waals surface area (Å²) in [6.45, 7) is 9.00. The third-order valence-electron chi connectivity index (χ3n) is 12.1. The summed E-state index contributed by atoms with van der Waals surface area (Å²) in [5.74, 6) is 0.331. The number of anilines is 1. The molecule has 16 nitrogen and oxygen atoms in total. The molecule has 3 saturated heterocycles. The van der Waals surface area contributed by atoms with Crippen molar-refractivity contribution in [2.45, 2.75) is 82.8 Å². The molecule has 67 heavy (non-hydrogen) atoms. The Bertz CT molecular complexity index is 2420. The lowest BCUT2D eigenvalue weighted by atomic mass is 9.88. The number of aromatic nitrogens is 2. The first-order valence-electron chi connectivity index (χ1n) is 22.0. The van der Waals surface area contributed by atoms with E-state index in [1.807, 2.05) is 48.3 Å². The monoisotopic (exact) mass is 961 g/mol. The molecule has 2 N–H and O–H groups in total. The molecule has 3 radical (unpaired) electrons. The average molecular weight is 962 g/mol. The first kappa shape index (κ1) is 52.6. The Kier molecular flexibility index (Phi) is 19.7. The van der Waals surface area contributed by atoms with E-state index in [2.05, 4.69) is 19.9 Å². The van der Waals surface area contributed by atoms with E-state index in [0.717, 1.165) is 83.4 Å². The highest BCUT2D eigenvalue weighted by atomic mass is 32.2. The number of hydrogen-bond donors (Lipinski definition) is 2. The van der Waals surface area contributed by atoms with Crippen molar-refractivity contribution in [3.05, 3.63) is 82.2 Å². The minimum Gasteiger partial charge on any atom is -0.491 e. The standard InChI is InChI=1S/C27H38FN3O6S.C19H18FN5O2S.B/c1-20(3-6-25(33)29-19-32)36-22-4-5-23(24(17-22)37-38-28)21-7-12-30(13-8-21)18-26(34)31-14-10-27(11-15-31)9-2-16-35-27;1-4-25(3)28-23-17-8-6-15(20)18(14(17)10-21)27-12-5-7-16-13(9-12)19(26)24(2)11-22-16;/h4-5,17,19-21H,2-3,6-16,18H2,1H3,(H,29,32,33);5-9,11,23H,4H2,1-3H3;. The van der Waals surface area contributed by atoms with Crippen LogP contribution in [0.4, 0.5) is 14.0 Å². The largest absolute Gasteiger partial charge is 0.491 e. The van der Waals surface area contributed by atoms with Gasteiger partial charge in [0.1, 0.15) is 28.9 Å². The summed E-state index contributed by atoms with van der Waals surface area (Å²) in [5.41, 5.74) is 1.67. The predicted molar refractivity (Wildman–Crippen MR) is 255 cm³/mol. The highest BCUT2D eigenvalue weighted by Crippen LogP contribution is 2.40. The topological polar surface area (TPSA) is 181 Å². The third-order valence-corrected chi connectivity index (χ3v) is 13.3. The molecule has 7 rings (SSSR count). The zero-order chi connectivity index (χ0) is 47.2. The maximum atomic E-state index is 14.4. The number of aryl methyl sites for hydroxylation is 1. The zero-order valence-corrected chi connectivity index (χ0v) is 39.8. The van der Waals surface area contributed by atoms with E-state index in [0.29, 0.717) is 47.5 Å². The number of rotatable bonds is 17. The van der Waals surface area contributed by atoms with Gasteiger partial charge in [-0.3, -0.25) is 29.4 Å². The smallest absolute Gasteiger partial charge is 0.272 e. The molecule has 3 aliphatic heterocycles. The van der Waals surface area contributed by atoms with Crippen molar-refractivity contribution in [2.75, 3.05) is 57.6 Å². The number of nitriles is 1. The van der Waals surface area contributed by atoms with Gasteiger partial charge < -0.3 is 32.6 Å². The fourth-order valence-electron chi connectivity index (χ4n) is 8.22. The van der Waals surface area contributed by atoms with Crippen LogP contribution in [0.2, 0.25) is 0 Å². The van der Waals surface area contributed by atoms with Crippen LogP contribution in [0.5, 0.6) is 23.0 Å². The Balaban J connectivity index is 0.000000258. The number of benzene rings is 3. The number of nitrogens with one attached hydrogen (secondary N) is 2. The number of amides is 3. The van der Waals surface area contributed by atoms with Gasteiger partial charge in [0, 0.05) is 66.3 Å². The van der Waals surface area contributed by atoms with E-state index >= 15 is 0 Å². The highest BCUT2D eigenvalue weighted by molar-refractivity contribution is 7.98. The average Bonchev–Trinajstić information content (AvgIpc) is 3.78. The lowest BCUT2D eigenvalue weighted by molar-refractivity contribution is -0.137. The maximum Gasteiger partial charge on any atom is 0.272 e. The number of hydrogen-bond acceptors (Lipinski definition) is 15. The first-order chi connectivity index (χ1) is 31.8. The molecule has 0 bridgehead atoms. The van der Waals surface area contributed by atoms with Gasteiger partial charge >= 0.3 is 0 Å². The summed E-state index contributed by atoms with van der Waals surface area (Å²) in [5, 5.41) is 12.0. The van der Waals surface area contributed by atoms with Gasteiger partial charge in [-0.05, 0) is 120 Å². The van der Waals surface area contributed by atoms with Crippen molar-refractivity contribution in [3.63, 3.8) is 0 Å². The summed E-state index contributed by atoms with van der Waals surface area (Å²) in [6, 6.07) is 14.8. The van der Waals surface area contributed by atoms with Crippen molar-refractivity contribution in [1.29, 1.82) is 5.26 Å². The number of ether oxygens (including phenoxy) is 3. The van der Waals surface area contributed by atoms with Gasteiger partial charge in [-0.1, -0.05) is 13.0 Å². The van der Waals surface area contributed by atoms with Gasteiger partial charge in [0.05, 0.1) is 41.2 Å². The van der Waals surface area contributed by atoms with Crippen LogP contribution in [0.1, 0.15) is 82.3 Å². The summed E-state index contributed by atoms with van der Waals surface area (Å²) < 4.78 is 56.6. The molecular weight excluding hydrogens is 905 g/mol. The lowest BCUT2D eigenvalue weighted by Gasteiger charge is -2.40. The normalized spacial score (nSPS) is 16.3. The van der Waals surface area contributed by atoms with Crippen LogP contribution in [-0.2, 0) is 26.2 Å². The molecule has 3 aliphatic rings. The maximum absolute atomic E-state index is 14.4. The van der Waals surface area contributed by atoms with Gasteiger partial charge in [0.15, 0.2) is 11.6 Å². The molecule has 0 aliphatic carbocycles. The van der Waals surface area contributed by atoms with Gasteiger partial charge in [-0.15, -0.1) is 3.89 Å². The molecule has 3 fully saturated rings. The Hall–Kier alpha value is -5.40. The zero-order valence-electron chi connectivity index (χ0n) is 38.1. The quantitative estimate of drug-likeness (QED) is 0.0475. The van der Waals surface area contributed by atoms with Crippen LogP contribution >= 0.6 is 24.6 Å². The van der Waals surface area contributed by atoms with E-state index in [9.17, 15) is 32.7 Å². The summed E-state index contributed by atoms with van der Waals surface area (Å²) in [6.07, 6.45) is 7.91. The number of piperidine rings is 2. The van der Waals surface area contributed by atoms with Crippen molar-refractivity contribution in [3.8, 4) is 29.1 Å². The van der Waals surface area contributed by atoms with Crippen LogP contribution in [0, 0.1) is 17.1 Å². The van der Waals surface area contributed by atoms with Crippen LogP contribution in [0.15, 0.2) is 59.7 Å². The molecular formula is C46H56BF2N8O8S2. The predicted octanol–water partition coefficient (Wildman–Crippen LogP) is 7.05. The second kappa shape index (κ2) is 25.1. The molecule has 0 saturated carbocycles. The van der Waals surface area contributed by atoms with Crippen LogP contribution in [-0.4, -0.2) is 115 Å². The van der Waals surface area contributed by atoms with Crippen LogP contribution < -0.4 is 29.3 Å². The summed E-state index contributed by atoms with van der Waals surface area (Å²) in [7, 11) is 3.48. The molecule has 1 unspecified atom stereocenters. The number of carbonyl (C=O) groups excluding carboxylic acids is 3. The van der Waals surface area contributed by atoms with E-state index in [1.165, 1.54) is 41.2 Å². The minimum atomic E-state index is -0.671. The summed E-state index contributed by atoms with van der Waals surface area (Å²) >= 11 is 1.09. The number of fused-ring (bicyclic) bond motifs is 1. The van der Waals surface area contributed by atoms with Gasteiger partial charge in [-0.25, -0.2) is 13.7 Å². The molecule has 3 amide bonds. The second-order valence-electron chi connectivity index (χ2n) is 16.6. The number of halogens is 2. The number of nitrogens with zero attached hydrogens (tertiary/aromatic N) is 6. The SMILES string of the molecule is CC(CCC(=O)NC=O)Oc1ccc(C2CCN(CC(=O)N3CCC4(CCCO4)CC3)CC2)c(OSF)c1.CCN(C)SNc1ccc(F)c(Oc2ccc3ncn(C)c(=O)c3c2)c1C#N.[B]. The van der Waals surface area contributed by atoms with Crippen molar-refractivity contribution < 1.29 is 41.1 Å². The molecule has 3 aromatic carbocycles. The number of imide groups is 1. The van der Waals surface area contributed by atoms with E-state index in [-0.39, 0.29) is 79.3 Å². The third kappa shape index (κ3) is 14.1. The highest BCUT2D eigenvalue weighted by Gasteiger charge is 2.39. The molecule has 1 atom stereocenters. The Morgan fingerprint density at radius 1 is 1.10 bits per heavy atom. The van der Waals surface area contributed by atoms with Crippen LogP contribution in [0.25, 0.3) is 10.9 Å². The van der Waals surface area contributed by atoms with Crippen molar-refractivity contribution >= 4 is 67.8 Å². The van der Waals surface area contributed by atoms with Gasteiger partial charge in [0.2, 0.25) is 18.2 Å². The van der Waals surface area contributed by atoms with E-state index in [4.69, 9.17) is 18.4 Å². The van der Waals surface area contributed by atoms with Gasteiger partial charge in [0.25, 0.3) is 18.0 Å². The molecule has 1 aromatic heterocycles. The Morgan fingerprint density at radius 3 is 2.52 bits per heavy atom. The Morgan fingerprint density at radius 2 is 1.85 bits per heavy atom. The lowest BCUT2D eigenvalue weighted by Crippen LogP contribution is -2.49. The minimum absolute atomic E-state index is 0. The molecule has 4 heterocycles. The van der Waals surface area contributed by atoms with E-state index < -0.39 is 5.82 Å². The van der Waals surface area contributed by atoms with Gasteiger partial charge in [-0.2, -0.15) is 5.26 Å². The number of likely N-dealkylation sites (tertiary alicyclic amines) is 2. The molecule has 21 heteroatoms.